The first-order chi connectivity index (χ1) is 14.0. The molecule has 0 radical (unpaired) electrons. The van der Waals surface area contributed by atoms with E-state index >= 15 is 0 Å². The molecule has 2 heterocycles. The molecule has 2 aromatic heterocycles. The van der Waals surface area contributed by atoms with E-state index in [-0.39, 0.29) is 17.4 Å². The van der Waals surface area contributed by atoms with Crippen LogP contribution < -0.4 is 5.32 Å². The Morgan fingerprint density at radius 3 is 2.55 bits per heavy atom. The van der Waals surface area contributed by atoms with Gasteiger partial charge in [0, 0.05) is 24.2 Å². The normalized spacial score (nSPS) is 11.0. The van der Waals surface area contributed by atoms with Crippen molar-refractivity contribution in [2.75, 3.05) is 11.1 Å². The lowest BCUT2D eigenvalue weighted by Crippen LogP contribution is -2.14. The fraction of sp³-hybridized carbons (Fsp3) is 0.333. The van der Waals surface area contributed by atoms with Crippen molar-refractivity contribution in [3.05, 3.63) is 48.2 Å². The number of hydrogen-bond donors (Lipinski definition) is 1. The van der Waals surface area contributed by atoms with Crippen molar-refractivity contribution in [2.45, 2.75) is 38.9 Å². The van der Waals surface area contributed by atoms with E-state index in [4.69, 9.17) is 4.42 Å². The number of amides is 1. The molecule has 1 N–H and O–H groups in total. The van der Waals surface area contributed by atoms with Crippen LogP contribution in [0.25, 0.3) is 11.6 Å². The predicted molar refractivity (Wildman–Crippen MR) is 113 cm³/mol. The van der Waals surface area contributed by atoms with Crippen LogP contribution in [-0.2, 0) is 11.3 Å². The molecule has 0 aliphatic carbocycles. The monoisotopic (exact) mass is 412 g/mol. The molecular formula is C21H24N4O3S. The highest BCUT2D eigenvalue weighted by atomic mass is 32.2. The third-order valence-corrected chi connectivity index (χ3v) is 5.16. The van der Waals surface area contributed by atoms with Gasteiger partial charge >= 0.3 is 0 Å². The Kier molecular flexibility index (Phi) is 6.87. The number of carbonyl (C=O) groups is 2. The summed E-state index contributed by atoms with van der Waals surface area (Å²) < 4.78 is 7.32. The number of nitrogens with zero attached hydrogens (tertiary/aromatic N) is 3. The molecule has 0 aliphatic heterocycles. The molecule has 0 atom stereocenters. The summed E-state index contributed by atoms with van der Waals surface area (Å²) >= 11 is 1.34. The van der Waals surface area contributed by atoms with E-state index in [1.807, 2.05) is 31.4 Å². The number of nitrogens with one attached hydrogen (secondary N) is 1. The minimum absolute atomic E-state index is 0.0136. The molecule has 7 nitrogen and oxygen atoms in total. The zero-order chi connectivity index (χ0) is 20.8. The van der Waals surface area contributed by atoms with Crippen LogP contribution in [0, 0.1) is 5.92 Å². The van der Waals surface area contributed by atoms with Crippen LogP contribution in [0.15, 0.2) is 52.2 Å². The van der Waals surface area contributed by atoms with Gasteiger partial charge in [-0.25, -0.2) is 0 Å². The standard InChI is InChI=1S/C21H24N4O3S/c1-4-25-20(18-6-5-11-28-18)23-24-21(25)29-13-17(26)15-7-9-16(10-8-15)22-19(27)12-14(2)3/h5-11,14H,4,12-13H2,1-3H3,(H,22,27). The third-order valence-electron chi connectivity index (χ3n) is 4.19. The van der Waals surface area contributed by atoms with Crippen molar-refractivity contribution < 1.29 is 14.0 Å². The second kappa shape index (κ2) is 9.56. The van der Waals surface area contributed by atoms with Crippen molar-refractivity contribution >= 4 is 29.1 Å². The summed E-state index contributed by atoms with van der Waals surface area (Å²) in [5.74, 6) is 1.80. The molecule has 3 rings (SSSR count). The molecule has 152 valence electrons. The molecule has 1 aromatic carbocycles. The van der Waals surface area contributed by atoms with Crippen LogP contribution in [0.5, 0.6) is 0 Å². The molecule has 29 heavy (non-hydrogen) atoms. The molecule has 8 heteroatoms. The molecule has 0 spiro atoms. The van der Waals surface area contributed by atoms with Gasteiger partial charge in [-0.15, -0.1) is 10.2 Å². The van der Waals surface area contributed by atoms with Crippen molar-refractivity contribution in [1.82, 2.24) is 14.8 Å². The van der Waals surface area contributed by atoms with E-state index in [9.17, 15) is 9.59 Å². The van der Waals surface area contributed by atoms with E-state index in [0.717, 1.165) is 0 Å². The number of anilines is 1. The Morgan fingerprint density at radius 1 is 1.17 bits per heavy atom. The van der Waals surface area contributed by atoms with Crippen LogP contribution in [0.2, 0.25) is 0 Å². The summed E-state index contributed by atoms with van der Waals surface area (Å²) in [6.07, 6.45) is 2.06. The lowest BCUT2D eigenvalue weighted by molar-refractivity contribution is -0.116. The molecule has 3 aromatic rings. The SMILES string of the molecule is CCn1c(SCC(=O)c2ccc(NC(=O)CC(C)C)cc2)nnc1-c1ccco1. The number of Topliss-reactive ketones (excluding diaryl/α,β-unsaturated/α-hetero) is 1. The molecule has 0 bridgehead atoms. The molecule has 0 fully saturated rings. The van der Waals surface area contributed by atoms with E-state index in [1.165, 1.54) is 11.8 Å². The van der Waals surface area contributed by atoms with E-state index < -0.39 is 0 Å². The van der Waals surface area contributed by atoms with Gasteiger partial charge in [-0.1, -0.05) is 25.6 Å². The van der Waals surface area contributed by atoms with Gasteiger partial charge in [0.15, 0.2) is 22.5 Å². The Balaban J connectivity index is 1.60. The Bertz CT molecular complexity index is 962. The predicted octanol–water partition coefficient (Wildman–Crippen LogP) is 4.52. The fourth-order valence-electron chi connectivity index (χ4n) is 2.80. The average molecular weight is 413 g/mol. The number of aromatic nitrogens is 3. The summed E-state index contributed by atoms with van der Waals surface area (Å²) in [6, 6.07) is 10.6. The van der Waals surface area contributed by atoms with Crippen molar-refractivity contribution in [3.63, 3.8) is 0 Å². The average Bonchev–Trinajstić information content (AvgIpc) is 3.35. The minimum Gasteiger partial charge on any atom is -0.461 e. The smallest absolute Gasteiger partial charge is 0.224 e. The van der Waals surface area contributed by atoms with Crippen LogP contribution >= 0.6 is 11.8 Å². The highest BCUT2D eigenvalue weighted by Gasteiger charge is 2.17. The zero-order valence-electron chi connectivity index (χ0n) is 16.7. The Labute approximate surface area is 173 Å². The first-order valence-electron chi connectivity index (χ1n) is 9.51. The van der Waals surface area contributed by atoms with Gasteiger partial charge in [-0.3, -0.25) is 14.2 Å². The van der Waals surface area contributed by atoms with Crippen molar-refractivity contribution in [1.29, 1.82) is 0 Å². The summed E-state index contributed by atoms with van der Waals surface area (Å²) in [4.78, 5) is 24.4. The van der Waals surface area contributed by atoms with Gasteiger partial charge in [-0.2, -0.15) is 0 Å². The fourth-order valence-corrected chi connectivity index (χ4v) is 3.70. The first kappa shape index (κ1) is 20.9. The van der Waals surface area contributed by atoms with Crippen LogP contribution in [0.4, 0.5) is 5.69 Å². The molecule has 1 amide bonds. The molecule has 0 saturated carbocycles. The number of furan rings is 1. The molecule has 0 aliphatic rings. The van der Waals surface area contributed by atoms with Crippen LogP contribution in [-0.4, -0.2) is 32.2 Å². The second-order valence-corrected chi connectivity index (χ2v) is 7.91. The maximum atomic E-state index is 12.5. The molecule has 0 unspecified atom stereocenters. The van der Waals surface area contributed by atoms with Crippen molar-refractivity contribution in [2.24, 2.45) is 5.92 Å². The summed E-state index contributed by atoms with van der Waals surface area (Å²) in [6.45, 7) is 6.66. The van der Waals surface area contributed by atoms with Crippen LogP contribution in [0.1, 0.15) is 37.6 Å². The summed E-state index contributed by atoms with van der Waals surface area (Å²) in [7, 11) is 0. The Hall–Kier alpha value is -2.87. The first-order valence-corrected chi connectivity index (χ1v) is 10.5. The number of thioether (sulfide) groups is 1. The van der Waals surface area contributed by atoms with E-state index in [2.05, 4.69) is 15.5 Å². The molecular weight excluding hydrogens is 388 g/mol. The lowest BCUT2D eigenvalue weighted by Gasteiger charge is -2.08. The summed E-state index contributed by atoms with van der Waals surface area (Å²) in [5.41, 5.74) is 1.28. The van der Waals surface area contributed by atoms with Gasteiger partial charge in [0.25, 0.3) is 0 Å². The zero-order valence-corrected chi connectivity index (χ0v) is 17.5. The lowest BCUT2D eigenvalue weighted by atomic mass is 10.1. The van der Waals surface area contributed by atoms with Gasteiger partial charge in [0.05, 0.1) is 12.0 Å². The van der Waals surface area contributed by atoms with Gasteiger partial charge in [-0.05, 0) is 49.2 Å². The van der Waals surface area contributed by atoms with E-state index in [0.29, 0.717) is 46.9 Å². The summed E-state index contributed by atoms with van der Waals surface area (Å²) in [5, 5.41) is 11.9. The number of hydrogen-bond acceptors (Lipinski definition) is 6. The van der Waals surface area contributed by atoms with E-state index in [1.54, 1.807) is 36.6 Å². The number of ketones is 1. The van der Waals surface area contributed by atoms with Gasteiger partial charge in [0.1, 0.15) is 0 Å². The quantitative estimate of drug-likeness (QED) is 0.411. The third kappa shape index (κ3) is 5.35. The highest BCUT2D eigenvalue weighted by Crippen LogP contribution is 2.25. The van der Waals surface area contributed by atoms with Crippen molar-refractivity contribution in [3.8, 4) is 11.6 Å². The maximum Gasteiger partial charge on any atom is 0.224 e. The Morgan fingerprint density at radius 2 is 1.93 bits per heavy atom. The maximum absolute atomic E-state index is 12.5. The van der Waals surface area contributed by atoms with Gasteiger partial charge in [0.2, 0.25) is 5.91 Å². The van der Waals surface area contributed by atoms with Gasteiger partial charge < -0.3 is 9.73 Å². The largest absolute Gasteiger partial charge is 0.461 e. The number of benzene rings is 1. The highest BCUT2D eigenvalue weighted by molar-refractivity contribution is 7.99. The minimum atomic E-state index is -0.0269. The topological polar surface area (TPSA) is 90.0 Å². The van der Waals surface area contributed by atoms with Crippen LogP contribution in [0.3, 0.4) is 0 Å². The second-order valence-electron chi connectivity index (χ2n) is 6.96. The molecule has 0 saturated heterocycles. The number of rotatable bonds is 9. The number of carbonyl (C=O) groups excluding carboxylic acids is 2.